The molecule has 2 saturated heterocycles. The lowest BCUT2D eigenvalue weighted by Gasteiger charge is -2.52. The first-order valence-electron chi connectivity index (χ1n) is 8.06. The molecule has 4 amide bonds. The highest BCUT2D eigenvalue weighted by atomic mass is 16.5. The van der Waals surface area contributed by atoms with Crippen LogP contribution in [-0.2, 0) is 14.3 Å². The largest absolute Gasteiger partial charge is 0.381 e. The van der Waals surface area contributed by atoms with Crippen LogP contribution in [0.4, 0.5) is 4.79 Å². The van der Waals surface area contributed by atoms with Crippen molar-refractivity contribution in [2.75, 3.05) is 32.8 Å². The van der Waals surface area contributed by atoms with Gasteiger partial charge in [-0.2, -0.15) is 0 Å². The van der Waals surface area contributed by atoms with Crippen molar-refractivity contribution < 1.29 is 19.1 Å². The van der Waals surface area contributed by atoms with Gasteiger partial charge in [0, 0.05) is 38.9 Å². The highest BCUT2D eigenvalue weighted by molar-refractivity contribution is 6.38. The molecular weight excluding hydrogens is 286 g/mol. The summed E-state index contributed by atoms with van der Waals surface area (Å²) >= 11 is 0. The van der Waals surface area contributed by atoms with Crippen molar-refractivity contribution in [3.05, 3.63) is 0 Å². The molecule has 1 saturated carbocycles. The molecule has 1 atom stereocenters. The Morgan fingerprint density at radius 1 is 1.23 bits per heavy atom. The number of ether oxygens (including phenoxy) is 1. The lowest BCUT2D eigenvalue weighted by Crippen LogP contribution is -2.63. The lowest BCUT2D eigenvalue weighted by molar-refractivity contribution is -0.153. The molecule has 0 aromatic heterocycles. The topological polar surface area (TPSA) is 79.0 Å². The van der Waals surface area contributed by atoms with Crippen molar-refractivity contribution in [1.29, 1.82) is 0 Å². The van der Waals surface area contributed by atoms with Gasteiger partial charge in [0.25, 0.3) is 0 Å². The van der Waals surface area contributed by atoms with Gasteiger partial charge < -0.3 is 15.0 Å². The number of nitrogens with one attached hydrogen (secondary N) is 1. The number of hydrogen-bond donors (Lipinski definition) is 1. The third kappa shape index (κ3) is 2.47. The van der Waals surface area contributed by atoms with Crippen LogP contribution < -0.4 is 5.32 Å². The number of nitrogens with zero attached hydrogens (tertiary/aromatic N) is 2. The lowest BCUT2D eigenvalue weighted by atomic mass is 9.60. The van der Waals surface area contributed by atoms with Gasteiger partial charge in [-0.3, -0.25) is 14.5 Å². The van der Waals surface area contributed by atoms with Gasteiger partial charge in [-0.25, -0.2) is 4.79 Å². The van der Waals surface area contributed by atoms with Crippen LogP contribution in [0, 0.1) is 5.41 Å². The molecule has 2 aliphatic heterocycles. The third-order valence-electron chi connectivity index (χ3n) is 5.39. The molecule has 3 aliphatic rings. The van der Waals surface area contributed by atoms with Gasteiger partial charge in [-0.15, -0.1) is 0 Å². The average molecular weight is 309 g/mol. The van der Waals surface area contributed by atoms with E-state index in [1.807, 2.05) is 6.92 Å². The van der Waals surface area contributed by atoms with Gasteiger partial charge >= 0.3 is 17.8 Å². The maximum absolute atomic E-state index is 12.4. The summed E-state index contributed by atoms with van der Waals surface area (Å²) in [5, 5.41) is 2.97. The quantitative estimate of drug-likeness (QED) is 0.746. The third-order valence-corrected chi connectivity index (χ3v) is 5.39. The van der Waals surface area contributed by atoms with Crippen molar-refractivity contribution in [3.63, 3.8) is 0 Å². The Labute approximate surface area is 129 Å². The van der Waals surface area contributed by atoms with Gasteiger partial charge in [-0.05, 0) is 38.0 Å². The zero-order valence-electron chi connectivity index (χ0n) is 13.0. The minimum Gasteiger partial charge on any atom is -0.381 e. The predicted octanol–water partition coefficient (Wildman–Crippen LogP) is 0.346. The summed E-state index contributed by atoms with van der Waals surface area (Å²) in [5.74, 6) is -1.30. The molecule has 0 aromatic rings. The minimum absolute atomic E-state index is 0.0935. The Hall–Kier alpha value is -1.63. The molecule has 1 N–H and O–H groups in total. The molecular formula is C15H23N3O4. The first kappa shape index (κ1) is 15.3. The summed E-state index contributed by atoms with van der Waals surface area (Å²) in [7, 11) is 0. The van der Waals surface area contributed by atoms with Crippen LogP contribution in [0.25, 0.3) is 0 Å². The van der Waals surface area contributed by atoms with E-state index in [9.17, 15) is 14.4 Å². The van der Waals surface area contributed by atoms with Gasteiger partial charge in [0.2, 0.25) is 0 Å². The second-order valence-electron chi connectivity index (χ2n) is 6.36. The fraction of sp³-hybridized carbons (Fsp3) is 0.800. The van der Waals surface area contributed by atoms with E-state index in [1.54, 1.807) is 0 Å². The van der Waals surface area contributed by atoms with Gasteiger partial charge in [0.1, 0.15) is 0 Å². The first-order valence-corrected chi connectivity index (χ1v) is 8.06. The van der Waals surface area contributed by atoms with Crippen LogP contribution in [0.5, 0.6) is 0 Å². The summed E-state index contributed by atoms with van der Waals surface area (Å²) in [5.41, 5.74) is 0.131. The fourth-order valence-electron chi connectivity index (χ4n) is 3.70. The summed E-state index contributed by atoms with van der Waals surface area (Å²) in [6.45, 7) is 4.47. The van der Waals surface area contributed by atoms with Gasteiger partial charge in [0.15, 0.2) is 0 Å². The number of hydrogen-bond acceptors (Lipinski definition) is 4. The van der Waals surface area contributed by atoms with Gasteiger partial charge in [0.05, 0.1) is 0 Å². The number of piperazine rings is 1. The minimum atomic E-state index is -0.717. The maximum Gasteiger partial charge on any atom is 0.324 e. The number of carbonyl (C=O) groups is 3. The molecule has 0 radical (unpaired) electrons. The molecule has 0 bridgehead atoms. The monoisotopic (exact) mass is 309 g/mol. The number of urea groups is 1. The van der Waals surface area contributed by atoms with Crippen LogP contribution in [0.15, 0.2) is 0 Å². The molecule has 1 spiro atoms. The fourth-order valence-corrected chi connectivity index (χ4v) is 3.70. The summed E-state index contributed by atoms with van der Waals surface area (Å²) < 4.78 is 5.40. The Balaban J connectivity index is 1.60. The van der Waals surface area contributed by atoms with Crippen LogP contribution in [0.2, 0.25) is 0 Å². The van der Waals surface area contributed by atoms with E-state index >= 15 is 0 Å². The molecule has 1 unspecified atom stereocenters. The van der Waals surface area contributed by atoms with E-state index in [0.29, 0.717) is 13.1 Å². The number of amides is 4. The Bertz CT molecular complexity index is 487. The molecule has 22 heavy (non-hydrogen) atoms. The highest BCUT2D eigenvalue weighted by Gasteiger charge is 2.49. The van der Waals surface area contributed by atoms with E-state index in [1.165, 1.54) is 4.90 Å². The van der Waals surface area contributed by atoms with Crippen LogP contribution in [0.1, 0.15) is 32.6 Å². The van der Waals surface area contributed by atoms with Crippen LogP contribution in [0.3, 0.4) is 0 Å². The smallest absolute Gasteiger partial charge is 0.324 e. The standard InChI is InChI=1S/C15H23N3O4/c1-2-17-7-8-18(13(20)12(17)19)14(21)16-11-3-4-15(11)5-9-22-10-6-15/h11H,2-10H2,1H3,(H,16,21). The number of carbonyl (C=O) groups excluding carboxylic acids is 3. The second-order valence-corrected chi connectivity index (χ2v) is 6.36. The van der Waals surface area contributed by atoms with Crippen molar-refractivity contribution in [2.24, 2.45) is 5.41 Å². The molecule has 2 heterocycles. The average Bonchev–Trinajstić information content (AvgIpc) is 2.54. The van der Waals surface area contributed by atoms with E-state index in [0.717, 1.165) is 43.8 Å². The van der Waals surface area contributed by atoms with Crippen molar-refractivity contribution >= 4 is 17.8 Å². The molecule has 7 heteroatoms. The van der Waals surface area contributed by atoms with Crippen molar-refractivity contribution in [2.45, 2.75) is 38.6 Å². The predicted molar refractivity (Wildman–Crippen MR) is 78.0 cm³/mol. The zero-order chi connectivity index (χ0) is 15.7. The van der Waals surface area contributed by atoms with Crippen molar-refractivity contribution in [1.82, 2.24) is 15.1 Å². The highest BCUT2D eigenvalue weighted by Crippen LogP contribution is 2.48. The van der Waals surface area contributed by atoms with Crippen LogP contribution >= 0.6 is 0 Å². The number of rotatable bonds is 2. The molecule has 1 aliphatic carbocycles. The first-order chi connectivity index (χ1) is 10.6. The summed E-state index contributed by atoms with van der Waals surface area (Å²) in [4.78, 5) is 38.8. The maximum atomic E-state index is 12.4. The SMILES string of the molecule is CCN1CCN(C(=O)NC2CCC23CCOCC3)C(=O)C1=O. The van der Waals surface area contributed by atoms with E-state index in [4.69, 9.17) is 4.74 Å². The number of imide groups is 1. The summed E-state index contributed by atoms with van der Waals surface area (Å²) in [6.07, 6.45) is 3.93. The molecule has 3 fully saturated rings. The van der Waals surface area contributed by atoms with Crippen molar-refractivity contribution in [3.8, 4) is 0 Å². The molecule has 0 aromatic carbocycles. The Morgan fingerprint density at radius 2 is 1.95 bits per heavy atom. The zero-order valence-corrected chi connectivity index (χ0v) is 13.0. The van der Waals surface area contributed by atoms with Gasteiger partial charge in [-0.1, -0.05) is 0 Å². The van der Waals surface area contributed by atoms with Crippen LogP contribution in [-0.4, -0.2) is 66.5 Å². The summed E-state index contributed by atoms with van der Waals surface area (Å²) in [6, 6.07) is -0.333. The number of likely N-dealkylation sites (N-methyl/N-ethyl adjacent to an activating group) is 1. The Kier molecular flexibility index (Phi) is 4.08. The van der Waals surface area contributed by atoms with E-state index in [2.05, 4.69) is 5.32 Å². The Morgan fingerprint density at radius 3 is 2.55 bits per heavy atom. The normalized spacial score (nSPS) is 27.8. The molecule has 122 valence electrons. The molecule has 3 rings (SSSR count). The van der Waals surface area contributed by atoms with E-state index in [-0.39, 0.29) is 18.0 Å². The van der Waals surface area contributed by atoms with E-state index < -0.39 is 17.8 Å². The second kappa shape index (κ2) is 5.87. The molecule has 7 nitrogen and oxygen atoms in total.